The summed E-state index contributed by atoms with van der Waals surface area (Å²) in [6.07, 6.45) is 3.07. The van der Waals surface area contributed by atoms with Crippen LogP contribution in [0.5, 0.6) is 0 Å². The molecule has 0 fully saturated rings. The molecule has 25 heavy (non-hydrogen) atoms. The Labute approximate surface area is 150 Å². The number of aromatic nitrogens is 3. The van der Waals surface area contributed by atoms with Gasteiger partial charge in [-0.05, 0) is 29.7 Å². The van der Waals surface area contributed by atoms with Crippen LogP contribution >= 0.6 is 11.3 Å². The summed E-state index contributed by atoms with van der Waals surface area (Å²) in [7, 11) is 0. The first-order valence-corrected chi connectivity index (χ1v) is 9.06. The number of hydrogen-bond donors (Lipinski definition) is 0. The number of hydrogen-bond acceptors (Lipinski definition) is 4. The Kier molecular flexibility index (Phi) is 4.04. The molecule has 4 rings (SSSR count). The van der Waals surface area contributed by atoms with Gasteiger partial charge in [0, 0.05) is 11.6 Å². The number of nitriles is 1. The lowest BCUT2D eigenvalue weighted by Gasteiger charge is -2.05. The lowest BCUT2D eigenvalue weighted by Crippen LogP contribution is -1.96. The normalized spacial score (nSPS) is 10.9. The van der Waals surface area contributed by atoms with Crippen LogP contribution in [0.3, 0.4) is 0 Å². The first-order chi connectivity index (χ1) is 12.3. The first-order valence-electron chi connectivity index (χ1n) is 8.18. The average molecular weight is 344 g/mol. The van der Waals surface area contributed by atoms with Gasteiger partial charge in [-0.3, -0.25) is 9.38 Å². The van der Waals surface area contributed by atoms with Crippen LogP contribution in [0.25, 0.3) is 27.6 Å². The molecule has 4 nitrogen and oxygen atoms in total. The predicted molar refractivity (Wildman–Crippen MR) is 100 cm³/mol. The number of pyridine rings is 1. The molecule has 5 heteroatoms. The molecule has 0 aliphatic carbocycles. The van der Waals surface area contributed by atoms with Gasteiger partial charge in [-0.1, -0.05) is 37.3 Å². The number of aryl methyl sites for hydroxylation is 1. The van der Waals surface area contributed by atoms with Gasteiger partial charge >= 0.3 is 0 Å². The van der Waals surface area contributed by atoms with Crippen molar-refractivity contribution in [2.45, 2.75) is 19.8 Å². The van der Waals surface area contributed by atoms with Gasteiger partial charge in [0.15, 0.2) is 4.96 Å². The minimum atomic E-state index is 0.295. The minimum Gasteiger partial charge on any atom is -0.285 e. The van der Waals surface area contributed by atoms with Gasteiger partial charge in [-0.2, -0.15) is 5.26 Å². The van der Waals surface area contributed by atoms with Crippen molar-refractivity contribution in [1.82, 2.24) is 14.4 Å². The van der Waals surface area contributed by atoms with Gasteiger partial charge in [0.2, 0.25) is 0 Å². The topological polar surface area (TPSA) is 54.0 Å². The monoisotopic (exact) mass is 344 g/mol. The standard InChI is InChI=1S/C20H16N4S/c1-2-14-6-8-15(9-7-14)18-13-25-20-23-19(16-5-3-4-12-22-16)17(10-11-21)24(18)20/h3-9,12-13H,2,10H2,1H3. The summed E-state index contributed by atoms with van der Waals surface area (Å²) in [4.78, 5) is 10.0. The molecule has 0 spiro atoms. The summed E-state index contributed by atoms with van der Waals surface area (Å²) in [6, 6.07) is 16.6. The minimum absolute atomic E-state index is 0.295. The zero-order valence-electron chi connectivity index (χ0n) is 13.8. The third kappa shape index (κ3) is 2.71. The Hall–Kier alpha value is -2.97. The van der Waals surface area contributed by atoms with E-state index in [0.29, 0.717) is 6.42 Å². The van der Waals surface area contributed by atoms with Crippen LogP contribution in [0.4, 0.5) is 0 Å². The molecule has 0 aliphatic rings. The van der Waals surface area contributed by atoms with Crippen LogP contribution < -0.4 is 0 Å². The first kappa shape index (κ1) is 15.6. The Morgan fingerprint density at radius 2 is 2.00 bits per heavy atom. The van der Waals surface area contributed by atoms with Crippen molar-refractivity contribution in [3.63, 3.8) is 0 Å². The molecule has 1 aromatic carbocycles. The molecular formula is C20H16N4S. The van der Waals surface area contributed by atoms with E-state index in [9.17, 15) is 5.26 Å². The Bertz CT molecular complexity index is 1050. The summed E-state index contributed by atoms with van der Waals surface area (Å²) < 4.78 is 2.10. The summed E-state index contributed by atoms with van der Waals surface area (Å²) in [6.45, 7) is 2.15. The van der Waals surface area contributed by atoms with Crippen molar-refractivity contribution in [3.05, 3.63) is 65.3 Å². The highest BCUT2D eigenvalue weighted by Crippen LogP contribution is 2.32. The van der Waals surface area contributed by atoms with Crippen LogP contribution in [-0.4, -0.2) is 14.4 Å². The van der Waals surface area contributed by atoms with E-state index in [0.717, 1.165) is 39.7 Å². The van der Waals surface area contributed by atoms with E-state index in [-0.39, 0.29) is 0 Å². The number of benzene rings is 1. The van der Waals surface area contributed by atoms with Crippen molar-refractivity contribution in [3.8, 4) is 28.7 Å². The summed E-state index contributed by atoms with van der Waals surface area (Å²) >= 11 is 1.59. The zero-order chi connectivity index (χ0) is 17.2. The Balaban J connectivity index is 1.92. The van der Waals surface area contributed by atoms with Crippen molar-refractivity contribution in [2.75, 3.05) is 0 Å². The molecule has 0 atom stereocenters. The van der Waals surface area contributed by atoms with Crippen molar-refractivity contribution in [2.24, 2.45) is 0 Å². The number of imidazole rings is 1. The van der Waals surface area contributed by atoms with E-state index in [1.807, 2.05) is 18.2 Å². The summed E-state index contributed by atoms with van der Waals surface area (Å²) in [5.74, 6) is 0. The second kappa shape index (κ2) is 6.50. The van der Waals surface area contributed by atoms with Crippen molar-refractivity contribution < 1.29 is 0 Å². The molecule has 4 aromatic rings. The molecule has 0 saturated carbocycles. The molecule has 0 N–H and O–H groups in total. The smallest absolute Gasteiger partial charge is 0.195 e. The second-order valence-corrected chi connectivity index (χ2v) is 6.58. The van der Waals surface area contributed by atoms with E-state index < -0.39 is 0 Å². The van der Waals surface area contributed by atoms with E-state index in [1.165, 1.54) is 5.56 Å². The van der Waals surface area contributed by atoms with Crippen molar-refractivity contribution in [1.29, 1.82) is 5.26 Å². The van der Waals surface area contributed by atoms with Gasteiger partial charge in [0.25, 0.3) is 0 Å². The third-order valence-corrected chi connectivity index (χ3v) is 5.10. The fraction of sp³-hybridized carbons (Fsp3) is 0.150. The largest absolute Gasteiger partial charge is 0.285 e. The highest BCUT2D eigenvalue weighted by Gasteiger charge is 2.19. The van der Waals surface area contributed by atoms with Gasteiger partial charge < -0.3 is 0 Å². The molecule has 0 saturated heterocycles. The van der Waals surface area contributed by atoms with E-state index in [4.69, 9.17) is 4.98 Å². The fourth-order valence-corrected chi connectivity index (χ4v) is 3.89. The Morgan fingerprint density at radius 1 is 1.16 bits per heavy atom. The van der Waals surface area contributed by atoms with Crippen LogP contribution in [0.2, 0.25) is 0 Å². The lowest BCUT2D eigenvalue weighted by molar-refractivity contribution is 1.07. The van der Waals surface area contributed by atoms with Crippen LogP contribution in [0.1, 0.15) is 18.2 Å². The van der Waals surface area contributed by atoms with Gasteiger partial charge in [0.1, 0.15) is 5.69 Å². The lowest BCUT2D eigenvalue weighted by atomic mass is 10.1. The quantitative estimate of drug-likeness (QED) is 0.537. The number of fused-ring (bicyclic) bond motifs is 1. The number of nitrogens with zero attached hydrogens (tertiary/aromatic N) is 4. The third-order valence-electron chi connectivity index (χ3n) is 4.27. The SMILES string of the molecule is CCc1ccc(-c2csc3nc(-c4ccccn4)c(CC#N)n23)cc1. The van der Waals surface area contributed by atoms with Crippen molar-refractivity contribution >= 4 is 16.3 Å². The van der Waals surface area contributed by atoms with E-state index >= 15 is 0 Å². The molecule has 0 radical (unpaired) electrons. The Morgan fingerprint density at radius 3 is 2.68 bits per heavy atom. The molecular weight excluding hydrogens is 328 g/mol. The number of rotatable bonds is 4. The predicted octanol–water partition coefficient (Wildman–Crippen LogP) is 4.75. The zero-order valence-corrected chi connectivity index (χ0v) is 14.6. The average Bonchev–Trinajstić information content (AvgIpc) is 3.23. The molecule has 0 amide bonds. The summed E-state index contributed by atoms with van der Waals surface area (Å²) in [5.41, 5.74) is 6.01. The van der Waals surface area contributed by atoms with Crippen LogP contribution in [0.15, 0.2) is 54.0 Å². The molecule has 3 heterocycles. The van der Waals surface area contributed by atoms with Gasteiger partial charge in [-0.25, -0.2) is 4.98 Å². The summed E-state index contributed by atoms with van der Waals surface area (Å²) in [5, 5.41) is 11.4. The van der Waals surface area contributed by atoms with Crippen LogP contribution in [0, 0.1) is 11.3 Å². The number of thiazole rings is 1. The van der Waals surface area contributed by atoms with Crippen LogP contribution in [-0.2, 0) is 12.8 Å². The second-order valence-electron chi connectivity index (χ2n) is 5.75. The maximum absolute atomic E-state index is 9.33. The maximum atomic E-state index is 9.33. The fourth-order valence-electron chi connectivity index (χ4n) is 2.97. The molecule has 0 unspecified atom stereocenters. The van der Waals surface area contributed by atoms with E-state index in [2.05, 4.69) is 52.0 Å². The highest BCUT2D eigenvalue weighted by atomic mass is 32.1. The molecule has 122 valence electrons. The molecule has 0 bridgehead atoms. The maximum Gasteiger partial charge on any atom is 0.195 e. The molecule has 0 aliphatic heterocycles. The highest BCUT2D eigenvalue weighted by molar-refractivity contribution is 7.15. The van der Waals surface area contributed by atoms with E-state index in [1.54, 1.807) is 17.5 Å². The van der Waals surface area contributed by atoms with Gasteiger partial charge in [-0.15, -0.1) is 11.3 Å². The van der Waals surface area contributed by atoms with Gasteiger partial charge in [0.05, 0.1) is 29.6 Å². The molecule has 3 aromatic heterocycles.